The molecule has 2 aliphatic rings. The summed E-state index contributed by atoms with van der Waals surface area (Å²) in [5.74, 6) is 0.471. The van der Waals surface area contributed by atoms with Crippen LogP contribution in [0, 0.1) is 11.8 Å². The fraction of sp³-hybridized carbons (Fsp3) is 0.611. The number of carbonyl (C=O) groups is 1. The molecule has 146 valence electrons. The van der Waals surface area contributed by atoms with Crippen LogP contribution in [0.5, 0.6) is 0 Å². The molecule has 2 aliphatic heterocycles. The van der Waals surface area contributed by atoms with E-state index in [1.165, 1.54) is 4.31 Å². The lowest BCUT2D eigenvalue weighted by molar-refractivity contribution is -0.137. The number of piperidine rings is 1. The van der Waals surface area contributed by atoms with Gasteiger partial charge in [-0.3, -0.25) is 4.79 Å². The van der Waals surface area contributed by atoms with Gasteiger partial charge in [-0.2, -0.15) is 4.31 Å². The zero-order valence-electron chi connectivity index (χ0n) is 15.1. The van der Waals surface area contributed by atoms with Gasteiger partial charge in [0.1, 0.15) is 0 Å². The molecule has 1 aromatic rings. The summed E-state index contributed by atoms with van der Waals surface area (Å²) in [5.41, 5.74) is 5.75. The molecule has 0 aromatic heterocycles. The van der Waals surface area contributed by atoms with Crippen LogP contribution >= 0.6 is 12.4 Å². The van der Waals surface area contributed by atoms with Crippen LogP contribution in [-0.4, -0.2) is 55.8 Å². The second-order valence-electron chi connectivity index (χ2n) is 7.17. The van der Waals surface area contributed by atoms with E-state index < -0.39 is 10.0 Å². The number of nitrogens with zero attached hydrogens (tertiary/aromatic N) is 2. The predicted octanol–water partition coefficient (Wildman–Crippen LogP) is 1.70. The van der Waals surface area contributed by atoms with E-state index in [4.69, 9.17) is 5.73 Å². The molecule has 0 bridgehead atoms. The fourth-order valence-electron chi connectivity index (χ4n) is 3.94. The van der Waals surface area contributed by atoms with Gasteiger partial charge in [-0.05, 0) is 50.8 Å². The van der Waals surface area contributed by atoms with Crippen molar-refractivity contribution in [2.75, 3.05) is 26.2 Å². The van der Waals surface area contributed by atoms with Gasteiger partial charge in [0, 0.05) is 31.6 Å². The number of likely N-dealkylation sites (tertiary alicyclic amines) is 1. The average Bonchev–Trinajstić information content (AvgIpc) is 3.03. The van der Waals surface area contributed by atoms with E-state index in [0.717, 1.165) is 13.0 Å². The number of rotatable bonds is 4. The Labute approximate surface area is 162 Å². The molecule has 2 N–H and O–H groups in total. The third-order valence-electron chi connectivity index (χ3n) is 5.46. The van der Waals surface area contributed by atoms with Crippen LogP contribution < -0.4 is 5.73 Å². The zero-order chi connectivity index (χ0) is 18.0. The highest BCUT2D eigenvalue weighted by Crippen LogP contribution is 2.29. The van der Waals surface area contributed by atoms with Gasteiger partial charge in [-0.25, -0.2) is 8.42 Å². The zero-order valence-corrected chi connectivity index (χ0v) is 16.7. The number of carbonyl (C=O) groups excluding carboxylic acids is 1. The van der Waals surface area contributed by atoms with Crippen LogP contribution in [-0.2, 0) is 14.8 Å². The minimum absolute atomic E-state index is 0. The Morgan fingerprint density at radius 3 is 2.35 bits per heavy atom. The summed E-state index contributed by atoms with van der Waals surface area (Å²) in [5, 5.41) is 0. The van der Waals surface area contributed by atoms with Crippen molar-refractivity contribution in [1.82, 2.24) is 9.21 Å². The van der Waals surface area contributed by atoms with Crippen molar-refractivity contribution >= 4 is 28.3 Å². The standard InChI is InChI=1S/C18H27N3O3S.ClH/c1-14-11-15(12-19)13-21(14)18(22)16-7-9-20(10-8-16)25(23,24)17-5-3-2-4-6-17;/h2-6,14-16H,7-13,19H2,1H3;1H. The number of hydrogen-bond acceptors (Lipinski definition) is 4. The molecule has 1 aromatic carbocycles. The molecule has 8 heteroatoms. The molecule has 0 saturated carbocycles. The Morgan fingerprint density at radius 2 is 1.81 bits per heavy atom. The van der Waals surface area contributed by atoms with Crippen molar-refractivity contribution in [3.05, 3.63) is 30.3 Å². The number of amides is 1. The number of halogens is 1. The number of nitrogens with two attached hydrogens (primary N) is 1. The third kappa shape index (κ3) is 4.22. The van der Waals surface area contributed by atoms with Crippen LogP contribution in [0.2, 0.25) is 0 Å². The van der Waals surface area contributed by atoms with Gasteiger partial charge < -0.3 is 10.6 Å². The van der Waals surface area contributed by atoms with Crippen LogP contribution in [0.25, 0.3) is 0 Å². The molecule has 0 radical (unpaired) electrons. The van der Waals surface area contributed by atoms with E-state index in [1.54, 1.807) is 30.3 Å². The summed E-state index contributed by atoms with van der Waals surface area (Å²) in [6.07, 6.45) is 2.13. The van der Waals surface area contributed by atoms with Crippen molar-refractivity contribution in [3.63, 3.8) is 0 Å². The van der Waals surface area contributed by atoms with Crippen LogP contribution in [0.1, 0.15) is 26.2 Å². The van der Waals surface area contributed by atoms with Gasteiger partial charge in [0.15, 0.2) is 0 Å². The molecular formula is C18H28ClN3O3S. The molecule has 6 nitrogen and oxygen atoms in total. The molecule has 2 saturated heterocycles. The van der Waals surface area contributed by atoms with E-state index in [-0.39, 0.29) is 30.3 Å². The van der Waals surface area contributed by atoms with Crippen LogP contribution in [0.15, 0.2) is 35.2 Å². The summed E-state index contributed by atoms with van der Waals surface area (Å²) in [7, 11) is -3.46. The van der Waals surface area contributed by atoms with E-state index in [1.807, 2.05) is 4.90 Å². The van der Waals surface area contributed by atoms with Crippen LogP contribution in [0.3, 0.4) is 0 Å². The molecule has 2 heterocycles. The Kier molecular flexibility index (Phi) is 7.07. The largest absolute Gasteiger partial charge is 0.339 e. The Morgan fingerprint density at radius 1 is 1.19 bits per heavy atom. The highest BCUT2D eigenvalue weighted by molar-refractivity contribution is 7.89. The molecule has 2 fully saturated rings. The SMILES string of the molecule is CC1CC(CN)CN1C(=O)C1CCN(S(=O)(=O)c2ccccc2)CC1.Cl. The highest BCUT2D eigenvalue weighted by atomic mass is 35.5. The monoisotopic (exact) mass is 401 g/mol. The maximum atomic E-state index is 12.8. The van der Waals surface area contributed by atoms with Gasteiger partial charge in [-0.15, -0.1) is 12.4 Å². The molecular weight excluding hydrogens is 374 g/mol. The quantitative estimate of drug-likeness (QED) is 0.832. The van der Waals surface area contributed by atoms with E-state index >= 15 is 0 Å². The summed E-state index contributed by atoms with van der Waals surface area (Å²) < 4.78 is 26.8. The van der Waals surface area contributed by atoms with Gasteiger partial charge in [0.2, 0.25) is 15.9 Å². The fourth-order valence-corrected chi connectivity index (χ4v) is 5.43. The number of hydrogen-bond donors (Lipinski definition) is 1. The first-order chi connectivity index (χ1) is 11.9. The number of benzene rings is 1. The van der Waals surface area contributed by atoms with E-state index in [0.29, 0.717) is 43.3 Å². The lowest BCUT2D eigenvalue weighted by Gasteiger charge is -2.33. The Bertz CT molecular complexity index is 706. The highest BCUT2D eigenvalue weighted by Gasteiger charge is 2.38. The first-order valence-corrected chi connectivity index (χ1v) is 10.4. The van der Waals surface area contributed by atoms with E-state index in [9.17, 15) is 13.2 Å². The second-order valence-corrected chi connectivity index (χ2v) is 9.11. The van der Waals surface area contributed by atoms with E-state index in [2.05, 4.69) is 6.92 Å². The van der Waals surface area contributed by atoms with Crippen molar-refractivity contribution < 1.29 is 13.2 Å². The minimum atomic E-state index is -3.46. The molecule has 3 rings (SSSR count). The maximum absolute atomic E-state index is 12.8. The van der Waals surface area contributed by atoms with Gasteiger partial charge in [0.25, 0.3) is 0 Å². The summed E-state index contributed by atoms with van der Waals surface area (Å²) in [4.78, 5) is 15.1. The van der Waals surface area contributed by atoms with Crippen molar-refractivity contribution in [2.45, 2.75) is 37.1 Å². The lowest BCUT2D eigenvalue weighted by atomic mass is 9.96. The van der Waals surface area contributed by atoms with Crippen molar-refractivity contribution in [2.24, 2.45) is 17.6 Å². The summed E-state index contributed by atoms with van der Waals surface area (Å²) in [6.45, 7) is 4.22. The molecule has 26 heavy (non-hydrogen) atoms. The molecule has 1 amide bonds. The van der Waals surface area contributed by atoms with Gasteiger partial charge >= 0.3 is 0 Å². The molecule has 2 unspecified atom stereocenters. The summed E-state index contributed by atoms with van der Waals surface area (Å²) in [6, 6.07) is 8.72. The van der Waals surface area contributed by atoms with Gasteiger partial charge in [-0.1, -0.05) is 18.2 Å². The number of sulfonamides is 1. The molecule has 0 aliphatic carbocycles. The predicted molar refractivity (Wildman–Crippen MR) is 104 cm³/mol. The maximum Gasteiger partial charge on any atom is 0.243 e. The first kappa shape index (κ1) is 21.2. The average molecular weight is 402 g/mol. The van der Waals surface area contributed by atoms with Crippen LogP contribution in [0.4, 0.5) is 0 Å². The minimum Gasteiger partial charge on any atom is -0.339 e. The van der Waals surface area contributed by atoms with Gasteiger partial charge in [0.05, 0.1) is 4.90 Å². The third-order valence-corrected chi connectivity index (χ3v) is 7.37. The normalized spacial score (nSPS) is 25.1. The van der Waals surface area contributed by atoms with Crippen molar-refractivity contribution in [1.29, 1.82) is 0 Å². The first-order valence-electron chi connectivity index (χ1n) is 8.99. The smallest absolute Gasteiger partial charge is 0.243 e. The Balaban J connectivity index is 0.00000243. The summed E-state index contributed by atoms with van der Waals surface area (Å²) >= 11 is 0. The molecule has 0 spiro atoms. The van der Waals surface area contributed by atoms with Crippen molar-refractivity contribution in [3.8, 4) is 0 Å². The topological polar surface area (TPSA) is 83.7 Å². The Hall–Kier alpha value is -1.15. The lowest BCUT2D eigenvalue weighted by Crippen LogP contribution is -2.45. The second kappa shape index (κ2) is 8.69. The molecule has 2 atom stereocenters.